The van der Waals surface area contributed by atoms with E-state index in [0.717, 1.165) is 29.5 Å². The van der Waals surface area contributed by atoms with Crippen LogP contribution < -0.4 is 0 Å². The zero-order chi connectivity index (χ0) is 13.2. The molecular formula is C16H24O2. The van der Waals surface area contributed by atoms with Gasteiger partial charge in [0.25, 0.3) is 0 Å². The summed E-state index contributed by atoms with van der Waals surface area (Å²) in [7, 11) is 0. The highest BCUT2D eigenvalue weighted by Crippen LogP contribution is 2.44. The van der Waals surface area contributed by atoms with Crippen LogP contribution in [0.4, 0.5) is 0 Å². The largest absolute Gasteiger partial charge is 0.507 e. The minimum Gasteiger partial charge on any atom is -0.507 e. The van der Waals surface area contributed by atoms with Gasteiger partial charge in [-0.15, -0.1) is 0 Å². The molecule has 2 nitrogen and oxygen atoms in total. The molecule has 0 spiro atoms. The molecule has 1 aromatic carbocycles. The van der Waals surface area contributed by atoms with Crippen molar-refractivity contribution < 1.29 is 10.2 Å². The van der Waals surface area contributed by atoms with Crippen LogP contribution in [-0.4, -0.2) is 16.8 Å². The molecular weight excluding hydrogens is 224 g/mol. The normalized spacial score (nSPS) is 18.8. The van der Waals surface area contributed by atoms with Gasteiger partial charge in [-0.05, 0) is 42.7 Å². The smallest absolute Gasteiger partial charge is 0.122 e. The zero-order valence-corrected chi connectivity index (χ0v) is 11.5. The summed E-state index contributed by atoms with van der Waals surface area (Å²) in [5, 5.41) is 19.4. The monoisotopic (exact) mass is 248 g/mol. The van der Waals surface area contributed by atoms with Gasteiger partial charge in [-0.3, -0.25) is 0 Å². The summed E-state index contributed by atoms with van der Waals surface area (Å²) in [5.74, 6) is 0.459. The number of hydrogen-bond donors (Lipinski definition) is 2. The first kappa shape index (κ1) is 13.4. The third-order valence-electron chi connectivity index (χ3n) is 4.37. The lowest BCUT2D eigenvalue weighted by Crippen LogP contribution is -2.25. The molecule has 0 unspecified atom stereocenters. The van der Waals surface area contributed by atoms with E-state index in [1.807, 2.05) is 13.0 Å². The number of rotatable bonds is 3. The van der Waals surface area contributed by atoms with E-state index in [1.54, 1.807) is 0 Å². The molecule has 1 aliphatic rings. The number of phenols is 1. The second-order valence-corrected chi connectivity index (χ2v) is 5.90. The van der Waals surface area contributed by atoms with Gasteiger partial charge in [-0.2, -0.15) is 0 Å². The highest BCUT2D eigenvalue weighted by Gasteiger charge is 2.31. The summed E-state index contributed by atoms with van der Waals surface area (Å²) >= 11 is 0. The zero-order valence-electron chi connectivity index (χ0n) is 11.5. The van der Waals surface area contributed by atoms with Gasteiger partial charge in [-0.25, -0.2) is 0 Å². The Hall–Kier alpha value is -1.02. The first-order valence-corrected chi connectivity index (χ1v) is 7.01. The number of benzene rings is 1. The molecule has 0 amide bonds. The van der Waals surface area contributed by atoms with Gasteiger partial charge in [0.05, 0.1) is 0 Å². The van der Waals surface area contributed by atoms with Gasteiger partial charge in [0, 0.05) is 12.2 Å². The first-order chi connectivity index (χ1) is 8.57. The van der Waals surface area contributed by atoms with Crippen molar-refractivity contribution >= 4 is 0 Å². The first-order valence-electron chi connectivity index (χ1n) is 7.01. The maximum Gasteiger partial charge on any atom is 0.122 e. The van der Waals surface area contributed by atoms with Gasteiger partial charge in [0.15, 0.2) is 0 Å². The summed E-state index contributed by atoms with van der Waals surface area (Å²) in [4.78, 5) is 0. The van der Waals surface area contributed by atoms with E-state index in [0.29, 0.717) is 12.2 Å². The molecule has 0 radical (unpaired) electrons. The van der Waals surface area contributed by atoms with E-state index in [1.165, 1.54) is 19.3 Å². The van der Waals surface area contributed by atoms with Crippen LogP contribution in [0.1, 0.15) is 55.7 Å². The lowest BCUT2D eigenvalue weighted by molar-refractivity contribution is 0.297. The topological polar surface area (TPSA) is 40.5 Å². The van der Waals surface area contributed by atoms with Crippen molar-refractivity contribution in [2.45, 2.75) is 57.8 Å². The second kappa shape index (κ2) is 5.31. The Labute approximate surface area is 110 Å². The highest BCUT2D eigenvalue weighted by atomic mass is 16.3. The average molecular weight is 248 g/mol. The van der Waals surface area contributed by atoms with Crippen molar-refractivity contribution in [3.63, 3.8) is 0 Å². The number of aliphatic hydroxyl groups excluding tert-OH is 1. The third kappa shape index (κ3) is 2.54. The summed E-state index contributed by atoms with van der Waals surface area (Å²) in [6.45, 7) is 4.38. The molecule has 100 valence electrons. The summed E-state index contributed by atoms with van der Waals surface area (Å²) < 4.78 is 0. The van der Waals surface area contributed by atoms with Crippen LogP contribution in [0.5, 0.6) is 5.75 Å². The van der Waals surface area contributed by atoms with Gasteiger partial charge < -0.3 is 10.2 Å². The molecule has 18 heavy (non-hydrogen) atoms. The van der Waals surface area contributed by atoms with E-state index >= 15 is 0 Å². The third-order valence-corrected chi connectivity index (χ3v) is 4.37. The summed E-state index contributed by atoms with van der Waals surface area (Å²) in [6, 6.07) is 4.09. The second-order valence-electron chi connectivity index (χ2n) is 5.90. The van der Waals surface area contributed by atoms with E-state index in [2.05, 4.69) is 13.0 Å². The van der Waals surface area contributed by atoms with Gasteiger partial charge in [-0.1, -0.05) is 38.3 Å². The molecule has 2 N–H and O–H groups in total. The molecule has 1 fully saturated rings. The number of aromatic hydroxyl groups is 1. The Morgan fingerprint density at radius 2 is 1.83 bits per heavy atom. The van der Waals surface area contributed by atoms with Crippen molar-refractivity contribution in [3.05, 3.63) is 28.8 Å². The van der Waals surface area contributed by atoms with Crippen LogP contribution in [-0.2, 0) is 11.8 Å². The Balaban J connectivity index is 2.41. The maximum absolute atomic E-state index is 10.3. The highest BCUT2D eigenvalue weighted by molar-refractivity contribution is 5.47. The van der Waals surface area contributed by atoms with Crippen molar-refractivity contribution in [2.75, 3.05) is 6.61 Å². The molecule has 1 saturated carbocycles. The van der Waals surface area contributed by atoms with E-state index in [4.69, 9.17) is 5.11 Å². The molecule has 1 aliphatic carbocycles. The van der Waals surface area contributed by atoms with Gasteiger partial charge >= 0.3 is 0 Å². The minimum atomic E-state index is 0.110. The molecule has 1 aromatic rings. The molecule has 2 heteroatoms. The molecule has 0 bridgehead atoms. The van der Waals surface area contributed by atoms with Crippen molar-refractivity contribution in [1.29, 1.82) is 0 Å². The molecule has 0 aromatic heterocycles. The number of aliphatic hydroxyl groups is 1. The Morgan fingerprint density at radius 3 is 2.44 bits per heavy atom. The maximum atomic E-state index is 10.3. The standard InChI is InChI=1S/C16H24O2/c1-12-10-13(6-9-17)11-14(15(12)18)16(2)7-4-3-5-8-16/h10-11,17-18H,3-9H2,1-2H3. The van der Waals surface area contributed by atoms with Crippen LogP contribution in [0, 0.1) is 6.92 Å². The van der Waals surface area contributed by atoms with Crippen molar-refractivity contribution in [2.24, 2.45) is 0 Å². The minimum absolute atomic E-state index is 0.110. The summed E-state index contributed by atoms with van der Waals surface area (Å²) in [5.41, 5.74) is 3.27. The fourth-order valence-electron chi connectivity index (χ4n) is 3.19. The molecule has 0 heterocycles. The predicted molar refractivity (Wildman–Crippen MR) is 74.1 cm³/mol. The van der Waals surface area contributed by atoms with E-state index in [9.17, 15) is 5.11 Å². The molecule has 2 rings (SSSR count). The number of aryl methyl sites for hydroxylation is 1. The van der Waals surface area contributed by atoms with Crippen molar-refractivity contribution in [1.82, 2.24) is 0 Å². The van der Waals surface area contributed by atoms with E-state index < -0.39 is 0 Å². The Bertz CT molecular complexity index is 417. The lowest BCUT2D eigenvalue weighted by Gasteiger charge is -2.35. The summed E-state index contributed by atoms with van der Waals surface area (Å²) in [6.07, 6.45) is 6.79. The molecule has 0 aliphatic heterocycles. The average Bonchev–Trinajstić information content (AvgIpc) is 2.34. The van der Waals surface area contributed by atoms with Crippen LogP contribution in [0.2, 0.25) is 0 Å². The molecule has 0 saturated heterocycles. The van der Waals surface area contributed by atoms with Crippen LogP contribution in [0.25, 0.3) is 0 Å². The van der Waals surface area contributed by atoms with Crippen molar-refractivity contribution in [3.8, 4) is 5.75 Å². The number of hydrogen-bond acceptors (Lipinski definition) is 2. The quantitative estimate of drug-likeness (QED) is 0.860. The Morgan fingerprint density at radius 1 is 1.17 bits per heavy atom. The lowest BCUT2D eigenvalue weighted by atomic mass is 9.70. The van der Waals surface area contributed by atoms with Crippen LogP contribution >= 0.6 is 0 Å². The Kier molecular flexibility index (Phi) is 3.96. The predicted octanol–water partition coefficient (Wildman–Crippen LogP) is 3.46. The van der Waals surface area contributed by atoms with E-state index in [-0.39, 0.29) is 12.0 Å². The van der Waals surface area contributed by atoms with Crippen LogP contribution in [0.15, 0.2) is 12.1 Å². The van der Waals surface area contributed by atoms with Gasteiger partial charge in [0.2, 0.25) is 0 Å². The SMILES string of the molecule is Cc1cc(CCO)cc(C2(C)CCCCC2)c1O. The molecule has 0 atom stereocenters. The van der Waals surface area contributed by atoms with Gasteiger partial charge in [0.1, 0.15) is 5.75 Å². The fourth-order valence-corrected chi connectivity index (χ4v) is 3.19. The number of phenolic OH excluding ortho intramolecular Hbond substituents is 1. The van der Waals surface area contributed by atoms with Crippen LogP contribution in [0.3, 0.4) is 0 Å². The fraction of sp³-hybridized carbons (Fsp3) is 0.625.